The number of thiophene rings is 1. The highest BCUT2D eigenvalue weighted by molar-refractivity contribution is 7.10. The van der Waals surface area contributed by atoms with Crippen LogP contribution in [0.2, 0.25) is 0 Å². The molecule has 3 heterocycles. The molecule has 5 rings (SSSR count). The predicted molar refractivity (Wildman–Crippen MR) is 108 cm³/mol. The lowest BCUT2D eigenvalue weighted by atomic mass is 9.92. The highest BCUT2D eigenvalue weighted by atomic mass is 32.1. The van der Waals surface area contributed by atoms with E-state index < -0.39 is 0 Å². The van der Waals surface area contributed by atoms with Gasteiger partial charge in [-0.1, -0.05) is 30.3 Å². The van der Waals surface area contributed by atoms with Crippen LogP contribution in [0.4, 0.5) is 5.69 Å². The van der Waals surface area contributed by atoms with E-state index in [9.17, 15) is 9.59 Å². The fourth-order valence-corrected chi connectivity index (χ4v) is 4.81. The van der Waals surface area contributed by atoms with Crippen LogP contribution in [-0.2, 0) is 11.2 Å². The first-order valence-electron chi connectivity index (χ1n) is 9.19. The molecule has 0 radical (unpaired) electrons. The van der Waals surface area contributed by atoms with Crippen LogP contribution in [0.3, 0.4) is 0 Å². The maximum absolute atomic E-state index is 13.5. The van der Waals surface area contributed by atoms with Gasteiger partial charge in [0.15, 0.2) is 6.61 Å². The third-order valence-corrected chi connectivity index (χ3v) is 6.20. The van der Waals surface area contributed by atoms with Crippen molar-refractivity contribution in [3.8, 4) is 5.75 Å². The monoisotopic (exact) mass is 390 g/mol. The lowest BCUT2D eigenvalue weighted by molar-refractivity contribution is -0.118. The molecule has 0 saturated heterocycles. The molecule has 2 aliphatic heterocycles. The van der Waals surface area contributed by atoms with E-state index in [0.717, 1.165) is 12.0 Å². The smallest absolute Gasteiger partial charge is 0.262 e. The number of fused-ring (bicyclic) bond motifs is 2. The number of rotatable bonds is 2. The van der Waals surface area contributed by atoms with Gasteiger partial charge < -0.3 is 15.0 Å². The van der Waals surface area contributed by atoms with Gasteiger partial charge >= 0.3 is 0 Å². The molecule has 2 amide bonds. The molecule has 0 fully saturated rings. The van der Waals surface area contributed by atoms with E-state index in [-0.39, 0.29) is 24.5 Å². The zero-order chi connectivity index (χ0) is 19.1. The quantitative estimate of drug-likeness (QED) is 0.723. The summed E-state index contributed by atoms with van der Waals surface area (Å²) in [6.07, 6.45) is 0.861. The Labute approximate surface area is 166 Å². The Morgan fingerprint density at radius 1 is 1.14 bits per heavy atom. The van der Waals surface area contributed by atoms with E-state index in [4.69, 9.17) is 4.74 Å². The minimum Gasteiger partial charge on any atom is -0.482 e. The predicted octanol–water partition coefficient (Wildman–Crippen LogP) is 3.87. The highest BCUT2D eigenvalue weighted by Gasteiger charge is 2.33. The molecule has 5 nitrogen and oxygen atoms in total. The molecule has 3 aromatic rings. The summed E-state index contributed by atoms with van der Waals surface area (Å²) in [5, 5.41) is 4.86. The van der Waals surface area contributed by atoms with E-state index in [0.29, 0.717) is 23.5 Å². The number of nitrogens with zero attached hydrogens (tertiary/aromatic N) is 1. The Hall–Kier alpha value is -3.12. The van der Waals surface area contributed by atoms with Crippen molar-refractivity contribution in [3.63, 3.8) is 0 Å². The van der Waals surface area contributed by atoms with E-state index in [1.54, 1.807) is 29.5 Å². The maximum Gasteiger partial charge on any atom is 0.262 e. The average Bonchev–Trinajstić information content (AvgIpc) is 3.21. The molecule has 0 bridgehead atoms. The van der Waals surface area contributed by atoms with Crippen LogP contribution < -0.4 is 10.1 Å². The number of carbonyl (C=O) groups is 2. The van der Waals surface area contributed by atoms with Gasteiger partial charge in [0, 0.05) is 17.0 Å². The molecule has 0 saturated carbocycles. The number of nitrogens with one attached hydrogen (secondary N) is 1. The Morgan fingerprint density at radius 2 is 2.00 bits per heavy atom. The Kier molecular flexibility index (Phi) is 4.13. The normalized spacial score (nSPS) is 17.9. The number of anilines is 1. The first-order chi connectivity index (χ1) is 13.7. The van der Waals surface area contributed by atoms with E-state index in [1.807, 2.05) is 23.1 Å². The fraction of sp³-hybridized carbons (Fsp3) is 0.182. The van der Waals surface area contributed by atoms with Gasteiger partial charge in [0.05, 0.1) is 11.7 Å². The molecule has 2 aliphatic rings. The van der Waals surface area contributed by atoms with Gasteiger partial charge in [-0.05, 0) is 47.2 Å². The molecule has 1 aromatic heterocycles. The fourth-order valence-electron chi connectivity index (χ4n) is 3.90. The second kappa shape index (κ2) is 6.80. The number of ether oxygens (including phenoxy) is 1. The Bertz CT molecular complexity index is 1060. The van der Waals surface area contributed by atoms with Crippen LogP contribution in [0.5, 0.6) is 5.75 Å². The lowest BCUT2D eigenvalue weighted by Crippen LogP contribution is -2.40. The van der Waals surface area contributed by atoms with Crippen LogP contribution in [0, 0.1) is 0 Å². The summed E-state index contributed by atoms with van der Waals surface area (Å²) in [5.74, 6) is 0.320. The molecule has 0 unspecified atom stereocenters. The first kappa shape index (κ1) is 17.0. The van der Waals surface area contributed by atoms with Crippen molar-refractivity contribution in [1.29, 1.82) is 0 Å². The molecular formula is C22H18N2O3S. The van der Waals surface area contributed by atoms with E-state index in [1.165, 1.54) is 10.4 Å². The first-order valence-corrected chi connectivity index (χ1v) is 10.1. The summed E-state index contributed by atoms with van der Waals surface area (Å²) >= 11 is 1.75. The topological polar surface area (TPSA) is 58.6 Å². The molecule has 1 atom stereocenters. The summed E-state index contributed by atoms with van der Waals surface area (Å²) in [4.78, 5) is 28.2. The molecule has 0 spiro atoms. The average molecular weight is 390 g/mol. The van der Waals surface area contributed by atoms with Crippen molar-refractivity contribution in [1.82, 2.24) is 4.90 Å². The van der Waals surface area contributed by atoms with Crippen molar-refractivity contribution >= 4 is 28.8 Å². The largest absolute Gasteiger partial charge is 0.482 e. The SMILES string of the molecule is O=C1COc2cc(C(=O)N3CCc4sccc4[C@@H]3c3ccccc3)ccc2N1. The van der Waals surface area contributed by atoms with E-state index >= 15 is 0 Å². The molecule has 28 heavy (non-hydrogen) atoms. The van der Waals surface area contributed by atoms with Crippen LogP contribution >= 0.6 is 11.3 Å². The van der Waals surface area contributed by atoms with Crippen LogP contribution in [-0.4, -0.2) is 29.9 Å². The standard InChI is InChI=1S/C22H18N2O3S/c25-20-13-27-18-12-15(6-7-17(18)23-20)22(26)24-10-8-19-16(9-11-28-19)21(24)14-4-2-1-3-5-14/h1-7,9,11-12,21H,8,10,13H2,(H,23,25)/t21-/m0/s1. The summed E-state index contributed by atoms with van der Waals surface area (Å²) in [5.41, 5.74) is 3.48. The van der Waals surface area contributed by atoms with Crippen molar-refractivity contribution in [3.05, 3.63) is 81.5 Å². The number of benzene rings is 2. The minimum atomic E-state index is -0.184. The van der Waals surface area contributed by atoms with Gasteiger partial charge in [-0.2, -0.15) is 0 Å². The third kappa shape index (κ3) is 2.86. The Morgan fingerprint density at radius 3 is 2.86 bits per heavy atom. The van der Waals surface area contributed by atoms with Crippen LogP contribution in [0.1, 0.15) is 32.4 Å². The van der Waals surface area contributed by atoms with Crippen LogP contribution in [0.25, 0.3) is 0 Å². The van der Waals surface area contributed by atoms with Crippen molar-refractivity contribution < 1.29 is 14.3 Å². The number of carbonyl (C=O) groups excluding carboxylic acids is 2. The molecule has 2 aromatic carbocycles. The van der Waals surface area contributed by atoms with Crippen molar-refractivity contribution in [2.24, 2.45) is 0 Å². The van der Waals surface area contributed by atoms with Crippen LogP contribution in [0.15, 0.2) is 60.0 Å². The molecule has 0 aliphatic carbocycles. The Balaban J connectivity index is 1.52. The van der Waals surface area contributed by atoms with E-state index in [2.05, 4.69) is 28.9 Å². The lowest BCUT2D eigenvalue weighted by Gasteiger charge is -2.36. The zero-order valence-corrected chi connectivity index (χ0v) is 15.9. The van der Waals surface area contributed by atoms with Gasteiger partial charge in [-0.25, -0.2) is 0 Å². The molecule has 6 heteroatoms. The minimum absolute atomic E-state index is 0.0285. The highest BCUT2D eigenvalue weighted by Crippen LogP contribution is 2.39. The molecule has 140 valence electrons. The third-order valence-electron chi connectivity index (χ3n) is 5.20. The summed E-state index contributed by atoms with van der Waals surface area (Å²) in [7, 11) is 0. The van der Waals surface area contributed by atoms with Gasteiger partial charge in [0.25, 0.3) is 11.8 Å². The number of amides is 2. The van der Waals surface area contributed by atoms with Gasteiger partial charge in [0.2, 0.25) is 0 Å². The van der Waals surface area contributed by atoms with Gasteiger partial charge in [0.1, 0.15) is 5.75 Å². The summed E-state index contributed by atoms with van der Waals surface area (Å²) in [6, 6.07) is 17.4. The number of hydrogen-bond donors (Lipinski definition) is 1. The summed E-state index contributed by atoms with van der Waals surface area (Å²) in [6.45, 7) is 0.639. The van der Waals surface area contributed by atoms with Gasteiger partial charge in [-0.15, -0.1) is 11.3 Å². The summed E-state index contributed by atoms with van der Waals surface area (Å²) < 4.78 is 5.49. The molecular weight excluding hydrogens is 372 g/mol. The van der Waals surface area contributed by atoms with Crippen molar-refractivity contribution in [2.45, 2.75) is 12.5 Å². The second-order valence-corrected chi connectivity index (χ2v) is 7.91. The second-order valence-electron chi connectivity index (χ2n) is 6.91. The zero-order valence-electron chi connectivity index (χ0n) is 15.1. The molecule has 1 N–H and O–H groups in total. The van der Waals surface area contributed by atoms with Gasteiger partial charge in [-0.3, -0.25) is 9.59 Å². The van der Waals surface area contributed by atoms with Crippen molar-refractivity contribution in [2.75, 3.05) is 18.5 Å². The number of hydrogen-bond acceptors (Lipinski definition) is 4. The maximum atomic E-state index is 13.5.